The van der Waals surface area contributed by atoms with Crippen molar-refractivity contribution in [3.05, 3.63) is 53.1 Å². The van der Waals surface area contributed by atoms with Crippen molar-refractivity contribution in [2.45, 2.75) is 6.92 Å². The Labute approximate surface area is 161 Å². The Bertz CT molecular complexity index is 796. The van der Waals surface area contributed by atoms with Crippen LogP contribution in [0.4, 0.5) is 5.69 Å². The van der Waals surface area contributed by atoms with Crippen molar-refractivity contribution in [2.75, 3.05) is 31.7 Å². The molecule has 7 nitrogen and oxygen atoms in total. The van der Waals surface area contributed by atoms with Gasteiger partial charge in [0.1, 0.15) is 18.1 Å². The summed E-state index contributed by atoms with van der Waals surface area (Å²) in [7, 11) is 0. The van der Waals surface area contributed by atoms with Gasteiger partial charge >= 0.3 is 5.97 Å². The molecule has 2 rings (SSSR count). The number of rotatable bonds is 10. The van der Waals surface area contributed by atoms with Crippen molar-refractivity contribution >= 4 is 29.2 Å². The van der Waals surface area contributed by atoms with E-state index in [1.54, 1.807) is 30.3 Å². The van der Waals surface area contributed by atoms with E-state index in [4.69, 9.17) is 30.9 Å². The summed E-state index contributed by atoms with van der Waals surface area (Å²) in [5.41, 5.74) is 0.813. The minimum Gasteiger partial charge on any atom is -0.490 e. The lowest BCUT2D eigenvalue weighted by molar-refractivity contribution is -0.139. The summed E-state index contributed by atoms with van der Waals surface area (Å²) in [6, 6.07) is 11.4. The van der Waals surface area contributed by atoms with E-state index in [-0.39, 0.29) is 16.7 Å². The number of amides is 1. The molecule has 0 spiro atoms. The third-order valence-electron chi connectivity index (χ3n) is 3.36. The Kier molecular flexibility index (Phi) is 7.91. The summed E-state index contributed by atoms with van der Waals surface area (Å²) in [5, 5.41) is 11.6. The molecular formula is C19H20ClNO6. The molecule has 0 aliphatic rings. The van der Waals surface area contributed by atoms with Crippen molar-refractivity contribution in [1.82, 2.24) is 0 Å². The number of aliphatic carboxylic acids is 1. The second kappa shape index (κ2) is 10.4. The molecule has 8 heteroatoms. The van der Waals surface area contributed by atoms with E-state index in [2.05, 4.69) is 5.32 Å². The van der Waals surface area contributed by atoms with Crippen molar-refractivity contribution in [1.29, 1.82) is 0 Å². The topological polar surface area (TPSA) is 94.1 Å². The van der Waals surface area contributed by atoms with Crippen LogP contribution < -0.4 is 14.8 Å². The summed E-state index contributed by atoms with van der Waals surface area (Å²) >= 11 is 6.06. The molecule has 144 valence electrons. The number of para-hydroxylation sites is 1. The first kappa shape index (κ1) is 20.5. The summed E-state index contributed by atoms with van der Waals surface area (Å²) in [6.07, 6.45) is 0. The molecule has 0 aliphatic carbocycles. The number of carboxylic acid groups (broad SMARTS) is 1. The summed E-state index contributed by atoms with van der Waals surface area (Å²) < 4.78 is 15.9. The van der Waals surface area contributed by atoms with Crippen molar-refractivity contribution in [3.8, 4) is 11.5 Å². The van der Waals surface area contributed by atoms with Gasteiger partial charge in [-0.1, -0.05) is 23.7 Å². The molecule has 2 N–H and O–H groups in total. The number of nitrogens with one attached hydrogen (secondary N) is 1. The minimum absolute atomic E-state index is 0.190. The van der Waals surface area contributed by atoms with Gasteiger partial charge in [0, 0.05) is 12.3 Å². The molecule has 0 fully saturated rings. The van der Waals surface area contributed by atoms with Gasteiger partial charge in [-0.3, -0.25) is 4.79 Å². The molecule has 0 radical (unpaired) electrons. The number of carbonyl (C=O) groups is 2. The number of hydrogen-bond acceptors (Lipinski definition) is 5. The highest BCUT2D eigenvalue weighted by molar-refractivity contribution is 6.32. The third-order valence-corrected chi connectivity index (χ3v) is 3.66. The second-order valence-corrected chi connectivity index (χ2v) is 5.73. The summed E-state index contributed by atoms with van der Waals surface area (Å²) in [5.74, 6) is -0.805. The zero-order valence-electron chi connectivity index (χ0n) is 14.7. The first-order chi connectivity index (χ1) is 13.0. The highest BCUT2D eigenvalue weighted by Crippen LogP contribution is 2.28. The van der Waals surface area contributed by atoms with Crippen LogP contribution in [0.2, 0.25) is 5.02 Å². The first-order valence-corrected chi connectivity index (χ1v) is 8.64. The van der Waals surface area contributed by atoms with Crippen molar-refractivity contribution < 1.29 is 28.9 Å². The molecular weight excluding hydrogens is 374 g/mol. The zero-order valence-corrected chi connectivity index (χ0v) is 15.5. The van der Waals surface area contributed by atoms with Crippen LogP contribution in [0.1, 0.15) is 17.3 Å². The SMILES string of the molecule is CCOCCOc1ccccc1C(=O)Nc1ccc(OCC(=O)O)c(Cl)c1. The van der Waals surface area contributed by atoms with E-state index in [9.17, 15) is 9.59 Å². The molecule has 0 bridgehead atoms. The summed E-state index contributed by atoms with van der Waals surface area (Å²) in [6.45, 7) is 2.75. The fourth-order valence-corrected chi connectivity index (χ4v) is 2.40. The molecule has 1 amide bonds. The predicted octanol–water partition coefficient (Wildman–Crippen LogP) is 3.47. The maximum atomic E-state index is 12.6. The molecule has 0 saturated heterocycles. The standard InChI is InChI=1S/C19H20ClNO6/c1-2-25-9-10-26-16-6-4-3-5-14(16)19(24)21-13-7-8-17(15(20)11-13)27-12-18(22)23/h3-8,11H,2,9-10,12H2,1H3,(H,21,24)(H,22,23). The van der Waals surface area contributed by atoms with Crippen LogP contribution in [-0.2, 0) is 9.53 Å². The normalized spacial score (nSPS) is 10.3. The van der Waals surface area contributed by atoms with E-state index in [0.29, 0.717) is 36.8 Å². The number of carboxylic acids is 1. The fourth-order valence-electron chi connectivity index (χ4n) is 2.17. The third kappa shape index (κ3) is 6.47. The lowest BCUT2D eigenvalue weighted by Crippen LogP contribution is -2.15. The number of hydrogen-bond donors (Lipinski definition) is 2. The van der Waals surface area contributed by atoms with Crippen molar-refractivity contribution in [3.63, 3.8) is 0 Å². The van der Waals surface area contributed by atoms with Gasteiger partial charge in [0.2, 0.25) is 0 Å². The fraction of sp³-hybridized carbons (Fsp3) is 0.263. The van der Waals surface area contributed by atoms with E-state index >= 15 is 0 Å². The van der Waals surface area contributed by atoms with Crippen LogP contribution in [0.25, 0.3) is 0 Å². The molecule has 0 heterocycles. The van der Waals surface area contributed by atoms with Gasteiger partial charge in [-0.05, 0) is 37.3 Å². The van der Waals surface area contributed by atoms with Crippen molar-refractivity contribution in [2.24, 2.45) is 0 Å². The molecule has 0 aromatic heterocycles. The van der Waals surface area contributed by atoms with Crippen LogP contribution in [-0.4, -0.2) is 43.4 Å². The van der Waals surface area contributed by atoms with Gasteiger partial charge in [-0.2, -0.15) is 0 Å². The molecule has 2 aromatic carbocycles. The Morgan fingerprint density at radius 2 is 1.85 bits per heavy atom. The number of anilines is 1. The number of ether oxygens (including phenoxy) is 3. The number of benzene rings is 2. The Morgan fingerprint density at radius 3 is 2.56 bits per heavy atom. The van der Waals surface area contributed by atoms with E-state index in [1.807, 2.05) is 6.92 Å². The Balaban J connectivity index is 2.04. The van der Waals surface area contributed by atoms with Crippen LogP contribution in [0.3, 0.4) is 0 Å². The summed E-state index contributed by atoms with van der Waals surface area (Å²) in [4.78, 5) is 23.1. The molecule has 2 aromatic rings. The monoisotopic (exact) mass is 393 g/mol. The molecule has 0 saturated carbocycles. The van der Waals surface area contributed by atoms with Crippen LogP contribution >= 0.6 is 11.6 Å². The lowest BCUT2D eigenvalue weighted by Gasteiger charge is -2.12. The molecule has 0 unspecified atom stereocenters. The Hall–Kier alpha value is -2.77. The van der Waals surface area contributed by atoms with Gasteiger partial charge < -0.3 is 24.6 Å². The zero-order chi connectivity index (χ0) is 19.6. The van der Waals surface area contributed by atoms with Gasteiger partial charge in [0.15, 0.2) is 6.61 Å². The highest BCUT2D eigenvalue weighted by Gasteiger charge is 2.13. The highest BCUT2D eigenvalue weighted by atomic mass is 35.5. The van der Waals surface area contributed by atoms with E-state index in [0.717, 1.165) is 0 Å². The Morgan fingerprint density at radius 1 is 1.07 bits per heavy atom. The van der Waals surface area contributed by atoms with Crippen LogP contribution in [0, 0.1) is 0 Å². The largest absolute Gasteiger partial charge is 0.490 e. The smallest absolute Gasteiger partial charge is 0.341 e. The quantitative estimate of drug-likeness (QED) is 0.600. The average molecular weight is 394 g/mol. The predicted molar refractivity (Wildman–Crippen MR) is 101 cm³/mol. The van der Waals surface area contributed by atoms with Gasteiger partial charge in [0.25, 0.3) is 5.91 Å². The maximum Gasteiger partial charge on any atom is 0.341 e. The van der Waals surface area contributed by atoms with E-state index in [1.165, 1.54) is 12.1 Å². The molecule has 0 atom stereocenters. The minimum atomic E-state index is -1.11. The van der Waals surface area contributed by atoms with Gasteiger partial charge in [-0.15, -0.1) is 0 Å². The van der Waals surface area contributed by atoms with Crippen LogP contribution in [0.15, 0.2) is 42.5 Å². The second-order valence-electron chi connectivity index (χ2n) is 5.32. The first-order valence-electron chi connectivity index (χ1n) is 8.26. The molecule has 27 heavy (non-hydrogen) atoms. The van der Waals surface area contributed by atoms with Gasteiger partial charge in [-0.25, -0.2) is 4.79 Å². The van der Waals surface area contributed by atoms with Gasteiger partial charge in [0.05, 0.1) is 17.2 Å². The van der Waals surface area contributed by atoms with Crippen LogP contribution in [0.5, 0.6) is 11.5 Å². The maximum absolute atomic E-state index is 12.6. The number of carbonyl (C=O) groups excluding carboxylic acids is 1. The average Bonchev–Trinajstić information content (AvgIpc) is 2.64. The number of halogens is 1. The van der Waals surface area contributed by atoms with E-state index < -0.39 is 12.6 Å². The lowest BCUT2D eigenvalue weighted by atomic mass is 10.2. The molecule has 0 aliphatic heterocycles.